The van der Waals surface area contributed by atoms with E-state index >= 15 is 0 Å². The molecule has 1 saturated heterocycles. The molecule has 1 amide bonds. The number of rotatable bonds is 3. The minimum atomic E-state index is -0.343. The van der Waals surface area contributed by atoms with Crippen molar-refractivity contribution in [2.45, 2.75) is 39.0 Å². The van der Waals surface area contributed by atoms with Gasteiger partial charge in [-0.3, -0.25) is 9.59 Å². The van der Waals surface area contributed by atoms with Gasteiger partial charge in [-0.1, -0.05) is 12.1 Å². The van der Waals surface area contributed by atoms with Gasteiger partial charge in [-0.05, 0) is 31.9 Å². The molecule has 2 aromatic heterocycles. The average molecular weight is 316 g/mol. The summed E-state index contributed by atoms with van der Waals surface area (Å²) in [6, 6.07) is 3.33. The zero-order valence-electron chi connectivity index (χ0n) is 13.3. The zero-order valence-corrected chi connectivity index (χ0v) is 13.3. The summed E-state index contributed by atoms with van der Waals surface area (Å²) in [5.74, 6) is 1.08. The highest BCUT2D eigenvalue weighted by Gasteiger charge is 2.29. The van der Waals surface area contributed by atoms with E-state index in [-0.39, 0.29) is 22.9 Å². The van der Waals surface area contributed by atoms with Crippen molar-refractivity contribution in [3.05, 3.63) is 45.5 Å². The van der Waals surface area contributed by atoms with Crippen LogP contribution < -0.4 is 5.56 Å². The molecular weight excluding hydrogens is 296 g/mol. The lowest BCUT2D eigenvalue weighted by Gasteiger charge is -2.31. The largest absolute Gasteiger partial charge is 0.339 e. The van der Waals surface area contributed by atoms with E-state index in [1.807, 2.05) is 6.92 Å². The molecule has 1 aliphatic rings. The fraction of sp³-hybridized carbons (Fsp3) is 0.500. The van der Waals surface area contributed by atoms with Crippen molar-refractivity contribution in [1.29, 1.82) is 0 Å². The van der Waals surface area contributed by atoms with E-state index in [4.69, 9.17) is 4.52 Å². The Morgan fingerprint density at radius 1 is 1.48 bits per heavy atom. The number of hydrogen-bond acceptors (Lipinski definition) is 5. The van der Waals surface area contributed by atoms with Gasteiger partial charge in [0.2, 0.25) is 5.89 Å². The van der Waals surface area contributed by atoms with Gasteiger partial charge in [-0.15, -0.1) is 0 Å². The number of likely N-dealkylation sites (tertiary alicyclic amines) is 1. The van der Waals surface area contributed by atoms with Crippen molar-refractivity contribution in [2.75, 3.05) is 13.1 Å². The van der Waals surface area contributed by atoms with Crippen LogP contribution >= 0.6 is 0 Å². The molecular formula is C16H20N4O3. The van der Waals surface area contributed by atoms with Crippen molar-refractivity contribution < 1.29 is 9.32 Å². The second-order valence-electron chi connectivity index (χ2n) is 5.87. The number of nitrogens with one attached hydrogen (secondary N) is 1. The number of carbonyl (C=O) groups excluding carboxylic acids is 1. The third-order valence-corrected chi connectivity index (χ3v) is 4.15. The molecule has 0 spiro atoms. The summed E-state index contributed by atoms with van der Waals surface area (Å²) in [4.78, 5) is 33.3. The van der Waals surface area contributed by atoms with Crippen molar-refractivity contribution in [2.24, 2.45) is 0 Å². The Labute approximate surface area is 133 Å². The highest BCUT2D eigenvalue weighted by molar-refractivity contribution is 5.93. The van der Waals surface area contributed by atoms with Gasteiger partial charge in [-0.2, -0.15) is 4.98 Å². The van der Waals surface area contributed by atoms with Gasteiger partial charge in [0.15, 0.2) is 5.82 Å². The number of hydrogen-bond donors (Lipinski definition) is 1. The highest BCUT2D eigenvalue weighted by Crippen LogP contribution is 2.25. The predicted octanol–water partition coefficient (Wildman–Crippen LogP) is 1.65. The summed E-state index contributed by atoms with van der Waals surface area (Å²) >= 11 is 0. The Morgan fingerprint density at radius 2 is 2.30 bits per heavy atom. The number of carbonyl (C=O) groups is 1. The lowest BCUT2D eigenvalue weighted by atomic mass is 9.97. The van der Waals surface area contributed by atoms with Crippen LogP contribution in [0.25, 0.3) is 0 Å². The van der Waals surface area contributed by atoms with Gasteiger partial charge in [0.25, 0.3) is 11.5 Å². The summed E-state index contributed by atoms with van der Waals surface area (Å²) in [5, 5.41) is 4.01. The molecule has 1 fully saturated rings. The lowest BCUT2D eigenvalue weighted by molar-refractivity contribution is 0.0701. The maximum atomic E-state index is 12.6. The number of aromatic amines is 1. The number of amides is 1. The summed E-state index contributed by atoms with van der Waals surface area (Å²) in [5.41, 5.74) is 0.575. The number of piperidine rings is 1. The van der Waals surface area contributed by atoms with Crippen molar-refractivity contribution in [1.82, 2.24) is 20.0 Å². The molecule has 3 rings (SSSR count). The van der Waals surface area contributed by atoms with Crippen molar-refractivity contribution in [3.63, 3.8) is 0 Å². The Bertz CT molecular complexity index is 765. The second-order valence-corrected chi connectivity index (χ2v) is 5.87. The molecule has 1 atom stereocenters. The third-order valence-electron chi connectivity index (χ3n) is 4.15. The summed E-state index contributed by atoms with van der Waals surface area (Å²) in [7, 11) is 0. The van der Waals surface area contributed by atoms with E-state index in [0.717, 1.165) is 18.5 Å². The van der Waals surface area contributed by atoms with E-state index in [1.165, 1.54) is 0 Å². The summed E-state index contributed by atoms with van der Waals surface area (Å²) in [6.07, 6.45) is 2.47. The number of H-pyrrole nitrogens is 1. The average Bonchev–Trinajstić information content (AvgIpc) is 3.03. The molecule has 2 aromatic rings. The molecule has 3 heterocycles. The zero-order chi connectivity index (χ0) is 16.4. The van der Waals surface area contributed by atoms with Crippen LogP contribution in [0, 0.1) is 6.92 Å². The van der Waals surface area contributed by atoms with Gasteiger partial charge >= 0.3 is 0 Å². The van der Waals surface area contributed by atoms with E-state index in [9.17, 15) is 9.59 Å². The first-order valence-electron chi connectivity index (χ1n) is 7.90. The number of aryl methyl sites for hydroxylation is 2. The summed E-state index contributed by atoms with van der Waals surface area (Å²) < 4.78 is 5.16. The molecule has 7 heteroatoms. The normalized spacial score (nSPS) is 18.2. The van der Waals surface area contributed by atoms with Crippen LogP contribution in [0.15, 0.2) is 21.5 Å². The van der Waals surface area contributed by atoms with E-state index in [1.54, 1.807) is 24.0 Å². The quantitative estimate of drug-likeness (QED) is 0.929. The molecule has 0 aromatic carbocycles. The maximum absolute atomic E-state index is 12.6. The first kappa shape index (κ1) is 15.5. The van der Waals surface area contributed by atoms with Gasteiger partial charge in [-0.25, -0.2) is 0 Å². The molecule has 0 aliphatic carbocycles. The predicted molar refractivity (Wildman–Crippen MR) is 83.4 cm³/mol. The monoisotopic (exact) mass is 316 g/mol. The van der Waals surface area contributed by atoms with Crippen molar-refractivity contribution >= 4 is 5.91 Å². The second kappa shape index (κ2) is 6.36. The van der Waals surface area contributed by atoms with Gasteiger partial charge < -0.3 is 14.4 Å². The molecule has 0 saturated carbocycles. The fourth-order valence-corrected chi connectivity index (χ4v) is 2.86. The van der Waals surface area contributed by atoms with Gasteiger partial charge in [0.1, 0.15) is 5.56 Å². The van der Waals surface area contributed by atoms with Crippen LogP contribution in [0.3, 0.4) is 0 Å². The Kier molecular flexibility index (Phi) is 4.27. The fourth-order valence-electron chi connectivity index (χ4n) is 2.86. The first-order valence-corrected chi connectivity index (χ1v) is 7.90. The molecule has 0 radical (unpaired) electrons. The minimum absolute atomic E-state index is 0.0567. The van der Waals surface area contributed by atoms with Crippen molar-refractivity contribution in [3.8, 4) is 0 Å². The van der Waals surface area contributed by atoms with E-state index in [2.05, 4.69) is 15.1 Å². The lowest BCUT2D eigenvalue weighted by Crippen LogP contribution is -2.41. The third kappa shape index (κ3) is 3.18. The SMILES string of the molecule is CCc1nc(C2CCCN(C(=O)c3ccc(C)[nH]c3=O)C2)no1. The number of nitrogens with zero attached hydrogens (tertiary/aromatic N) is 3. The minimum Gasteiger partial charge on any atom is -0.339 e. The van der Waals surface area contributed by atoms with Crippen LogP contribution in [-0.4, -0.2) is 39.0 Å². The highest BCUT2D eigenvalue weighted by atomic mass is 16.5. The van der Waals surface area contributed by atoms with Gasteiger partial charge in [0, 0.05) is 31.1 Å². The smallest absolute Gasteiger partial charge is 0.260 e. The van der Waals surface area contributed by atoms with E-state index in [0.29, 0.717) is 31.2 Å². The van der Waals surface area contributed by atoms with Gasteiger partial charge in [0.05, 0.1) is 0 Å². The molecule has 122 valence electrons. The molecule has 1 aliphatic heterocycles. The van der Waals surface area contributed by atoms with Crippen LogP contribution in [0.5, 0.6) is 0 Å². The molecule has 7 nitrogen and oxygen atoms in total. The molecule has 1 N–H and O–H groups in total. The molecule has 1 unspecified atom stereocenters. The van der Waals surface area contributed by atoms with Crippen LogP contribution in [-0.2, 0) is 6.42 Å². The Morgan fingerprint density at radius 3 is 3.00 bits per heavy atom. The topological polar surface area (TPSA) is 92.1 Å². The number of aromatic nitrogens is 3. The number of pyridine rings is 1. The first-order chi connectivity index (χ1) is 11.1. The van der Waals surface area contributed by atoms with Crippen LogP contribution in [0.4, 0.5) is 0 Å². The van der Waals surface area contributed by atoms with Crippen LogP contribution in [0.2, 0.25) is 0 Å². The maximum Gasteiger partial charge on any atom is 0.260 e. The summed E-state index contributed by atoms with van der Waals surface area (Å²) in [6.45, 7) is 4.89. The standard InChI is InChI=1S/C16H20N4O3/c1-3-13-18-14(19-23-13)11-5-4-8-20(9-11)16(22)12-7-6-10(2)17-15(12)21/h6-7,11H,3-5,8-9H2,1-2H3,(H,17,21). The van der Waals surface area contributed by atoms with E-state index < -0.39 is 0 Å². The Hall–Kier alpha value is -2.44. The Balaban J connectivity index is 1.77. The molecule has 23 heavy (non-hydrogen) atoms. The molecule has 0 bridgehead atoms. The van der Waals surface area contributed by atoms with Crippen LogP contribution in [0.1, 0.15) is 53.5 Å².